The number of ketones is 1. The van der Waals surface area contributed by atoms with Gasteiger partial charge in [-0.2, -0.15) is 0 Å². The molecule has 0 spiro atoms. The van der Waals surface area contributed by atoms with Crippen molar-refractivity contribution in [3.05, 3.63) is 21.9 Å². The number of thiophene rings is 1. The highest BCUT2D eigenvalue weighted by atomic mass is 32.1. The molecule has 1 aromatic rings. The number of hydrogen-bond acceptors (Lipinski definition) is 3. The molecule has 2 nitrogen and oxygen atoms in total. The van der Waals surface area contributed by atoms with Gasteiger partial charge in [-0.1, -0.05) is 26.7 Å². The van der Waals surface area contributed by atoms with Gasteiger partial charge in [0.25, 0.3) is 0 Å². The lowest BCUT2D eigenvalue weighted by molar-refractivity contribution is -0.132. The molecular weight excluding hydrogens is 266 g/mol. The highest BCUT2D eigenvalue weighted by molar-refractivity contribution is 7.12. The van der Waals surface area contributed by atoms with Gasteiger partial charge in [0.1, 0.15) is 0 Å². The van der Waals surface area contributed by atoms with Crippen molar-refractivity contribution in [2.45, 2.75) is 57.9 Å². The molecule has 1 heterocycles. The van der Waals surface area contributed by atoms with E-state index in [4.69, 9.17) is 0 Å². The molecule has 0 aliphatic heterocycles. The summed E-state index contributed by atoms with van der Waals surface area (Å²) in [5, 5.41) is 0. The molecule has 1 aliphatic carbocycles. The van der Waals surface area contributed by atoms with Gasteiger partial charge in [-0.15, -0.1) is 11.3 Å². The summed E-state index contributed by atoms with van der Waals surface area (Å²) in [5.74, 6) is 1.07. The fraction of sp³-hybridized carbons (Fsp3) is 0.706. The summed E-state index contributed by atoms with van der Waals surface area (Å²) in [6, 6.07) is 4.30. The molecular formula is C17H27NOS. The number of Topliss-reactive ketones (excluding diaryl/α,β-unsaturated/α-hetero) is 1. The van der Waals surface area contributed by atoms with Crippen LogP contribution in [0.4, 0.5) is 0 Å². The second-order valence-corrected chi connectivity index (χ2v) is 7.70. The Bertz CT molecular complexity index is 465. The fourth-order valence-electron chi connectivity index (χ4n) is 3.46. The van der Waals surface area contributed by atoms with Gasteiger partial charge in [0, 0.05) is 16.2 Å². The maximum absolute atomic E-state index is 12.9. The van der Waals surface area contributed by atoms with Crippen LogP contribution in [0.3, 0.4) is 0 Å². The van der Waals surface area contributed by atoms with Crippen LogP contribution < -0.4 is 0 Å². The highest BCUT2D eigenvalue weighted by Crippen LogP contribution is 2.37. The van der Waals surface area contributed by atoms with Crippen molar-refractivity contribution < 1.29 is 4.79 Å². The summed E-state index contributed by atoms with van der Waals surface area (Å²) in [7, 11) is 4.14. The van der Waals surface area contributed by atoms with Gasteiger partial charge in [0.05, 0.1) is 5.54 Å². The van der Waals surface area contributed by atoms with Gasteiger partial charge < -0.3 is 0 Å². The molecule has 0 N–H and O–H groups in total. The molecule has 1 fully saturated rings. The monoisotopic (exact) mass is 293 g/mol. The van der Waals surface area contributed by atoms with Gasteiger partial charge in [-0.05, 0) is 51.4 Å². The number of aryl methyl sites for hydroxylation is 1. The SMILES string of the molecule is CCc1ccc(CC(=O)C2(N(C)C)CCCC(C)C2)s1. The summed E-state index contributed by atoms with van der Waals surface area (Å²) in [6.07, 6.45) is 6.15. The van der Waals surface area contributed by atoms with Gasteiger partial charge in [0.2, 0.25) is 0 Å². The predicted molar refractivity (Wildman–Crippen MR) is 86.5 cm³/mol. The van der Waals surface area contributed by atoms with E-state index in [0.717, 1.165) is 19.3 Å². The molecule has 0 amide bonds. The minimum absolute atomic E-state index is 0.228. The number of likely N-dealkylation sites (N-methyl/N-ethyl adjacent to an activating group) is 1. The summed E-state index contributed by atoms with van der Waals surface area (Å²) >= 11 is 1.80. The van der Waals surface area contributed by atoms with E-state index in [9.17, 15) is 4.79 Å². The van der Waals surface area contributed by atoms with Crippen molar-refractivity contribution in [1.82, 2.24) is 4.90 Å². The van der Waals surface area contributed by atoms with E-state index in [2.05, 4.69) is 45.0 Å². The Morgan fingerprint density at radius 2 is 2.10 bits per heavy atom. The number of nitrogens with zero attached hydrogens (tertiary/aromatic N) is 1. The molecule has 0 aromatic carbocycles. The highest BCUT2D eigenvalue weighted by Gasteiger charge is 2.42. The molecule has 20 heavy (non-hydrogen) atoms. The largest absolute Gasteiger partial charge is 0.297 e. The van der Waals surface area contributed by atoms with Crippen LogP contribution in [-0.2, 0) is 17.6 Å². The van der Waals surface area contributed by atoms with Crippen LogP contribution >= 0.6 is 11.3 Å². The van der Waals surface area contributed by atoms with Crippen LogP contribution in [0.15, 0.2) is 12.1 Å². The zero-order valence-electron chi connectivity index (χ0n) is 13.2. The topological polar surface area (TPSA) is 20.3 Å². The maximum Gasteiger partial charge on any atom is 0.158 e. The third-order valence-electron chi connectivity index (χ3n) is 4.75. The van der Waals surface area contributed by atoms with Gasteiger partial charge in [-0.3, -0.25) is 9.69 Å². The molecule has 2 unspecified atom stereocenters. The van der Waals surface area contributed by atoms with Crippen molar-refractivity contribution in [1.29, 1.82) is 0 Å². The minimum Gasteiger partial charge on any atom is -0.297 e. The minimum atomic E-state index is -0.228. The second kappa shape index (κ2) is 6.40. The summed E-state index contributed by atoms with van der Waals surface area (Å²) < 4.78 is 0. The zero-order chi connectivity index (χ0) is 14.8. The van der Waals surface area contributed by atoms with Crippen molar-refractivity contribution >= 4 is 17.1 Å². The van der Waals surface area contributed by atoms with Crippen molar-refractivity contribution in [3.63, 3.8) is 0 Å². The number of carbonyl (C=O) groups is 1. The van der Waals surface area contributed by atoms with E-state index in [0.29, 0.717) is 18.1 Å². The van der Waals surface area contributed by atoms with E-state index in [-0.39, 0.29) is 5.54 Å². The number of rotatable bonds is 5. The van der Waals surface area contributed by atoms with Crippen molar-refractivity contribution in [2.24, 2.45) is 5.92 Å². The fourth-order valence-corrected chi connectivity index (χ4v) is 4.42. The van der Waals surface area contributed by atoms with Gasteiger partial charge in [-0.25, -0.2) is 0 Å². The van der Waals surface area contributed by atoms with Crippen LogP contribution in [0.25, 0.3) is 0 Å². The first-order chi connectivity index (χ1) is 9.48. The smallest absolute Gasteiger partial charge is 0.158 e. The zero-order valence-corrected chi connectivity index (χ0v) is 14.1. The van der Waals surface area contributed by atoms with Crippen LogP contribution in [0.5, 0.6) is 0 Å². The molecule has 1 saturated carbocycles. The predicted octanol–water partition coefficient (Wildman–Crippen LogP) is 3.93. The van der Waals surface area contributed by atoms with Crippen molar-refractivity contribution in [3.8, 4) is 0 Å². The normalized spacial score (nSPS) is 26.9. The molecule has 1 aliphatic rings. The third-order valence-corrected chi connectivity index (χ3v) is 5.98. The average molecular weight is 293 g/mol. The van der Waals surface area contributed by atoms with E-state index in [1.807, 2.05) is 0 Å². The number of hydrogen-bond donors (Lipinski definition) is 0. The first-order valence-corrected chi connectivity index (χ1v) is 8.58. The van der Waals surface area contributed by atoms with Crippen molar-refractivity contribution in [2.75, 3.05) is 14.1 Å². The first-order valence-electron chi connectivity index (χ1n) is 7.76. The Kier molecular flexibility index (Phi) is 5.03. The molecule has 112 valence electrons. The van der Waals surface area contributed by atoms with Gasteiger partial charge in [0.15, 0.2) is 5.78 Å². The molecule has 1 aromatic heterocycles. The van der Waals surface area contributed by atoms with Crippen LogP contribution in [0.2, 0.25) is 0 Å². The van der Waals surface area contributed by atoms with Gasteiger partial charge >= 0.3 is 0 Å². The molecule has 0 saturated heterocycles. The maximum atomic E-state index is 12.9. The average Bonchev–Trinajstić information content (AvgIpc) is 2.86. The Hall–Kier alpha value is -0.670. The first kappa shape index (κ1) is 15.7. The summed E-state index contributed by atoms with van der Waals surface area (Å²) in [5.41, 5.74) is -0.228. The van der Waals surface area contributed by atoms with Crippen LogP contribution in [0.1, 0.15) is 49.3 Å². The lowest BCUT2D eigenvalue weighted by atomic mass is 9.72. The van der Waals surface area contributed by atoms with E-state index in [1.165, 1.54) is 22.6 Å². The molecule has 2 rings (SSSR count). The lowest BCUT2D eigenvalue weighted by Crippen LogP contribution is -2.54. The Balaban J connectivity index is 2.14. The van der Waals surface area contributed by atoms with E-state index >= 15 is 0 Å². The standard InChI is InChI=1S/C17H27NOS/c1-5-14-8-9-15(20-14)11-16(19)17(18(3)4)10-6-7-13(2)12-17/h8-9,13H,5-7,10-12H2,1-4H3. The molecule has 3 heteroatoms. The molecule has 0 radical (unpaired) electrons. The quantitative estimate of drug-likeness (QED) is 0.820. The Labute approximate surface area is 127 Å². The summed E-state index contributed by atoms with van der Waals surface area (Å²) in [4.78, 5) is 17.7. The number of carbonyl (C=O) groups excluding carboxylic acids is 1. The van der Waals surface area contributed by atoms with Crippen LogP contribution in [0, 0.1) is 5.92 Å². The molecule has 0 bridgehead atoms. The summed E-state index contributed by atoms with van der Waals surface area (Å²) in [6.45, 7) is 4.45. The van der Waals surface area contributed by atoms with Crippen LogP contribution in [-0.4, -0.2) is 30.3 Å². The Morgan fingerprint density at radius 3 is 2.65 bits per heavy atom. The third kappa shape index (κ3) is 3.15. The van der Waals surface area contributed by atoms with E-state index < -0.39 is 0 Å². The Morgan fingerprint density at radius 1 is 1.40 bits per heavy atom. The van der Waals surface area contributed by atoms with E-state index in [1.54, 1.807) is 11.3 Å². The second-order valence-electron chi connectivity index (χ2n) is 6.45. The lowest BCUT2D eigenvalue weighted by Gasteiger charge is -2.43. The molecule has 2 atom stereocenters.